The van der Waals surface area contributed by atoms with Crippen LogP contribution in [0.5, 0.6) is 0 Å². The minimum atomic E-state index is -0.414. The standard InChI is InChI=1S/C13H19N5O2/c1-14-10-4-6-15-11(16-10)18-7-3-5-13(9-18)8-17(2)12(19)20-13/h4,6H,3,5,7-9H2,1-2H3,(H,14,15,16). The van der Waals surface area contributed by atoms with Crippen molar-refractivity contribution in [3.8, 4) is 0 Å². The van der Waals surface area contributed by atoms with E-state index in [1.54, 1.807) is 18.1 Å². The van der Waals surface area contributed by atoms with Crippen LogP contribution in [0.3, 0.4) is 0 Å². The molecule has 2 saturated heterocycles. The first kappa shape index (κ1) is 13.0. The summed E-state index contributed by atoms with van der Waals surface area (Å²) < 4.78 is 5.58. The van der Waals surface area contributed by atoms with Crippen molar-refractivity contribution in [1.82, 2.24) is 14.9 Å². The molecule has 1 amide bonds. The number of hydrogen-bond acceptors (Lipinski definition) is 6. The first-order valence-electron chi connectivity index (χ1n) is 6.82. The molecule has 1 atom stereocenters. The predicted molar refractivity (Wildman–Crippen MR) is 74.9 cm³/mol. The third kappa shape index (κ3) is 2.23. The third-order valence-corrected chi connectivity index (χ3v) is 3.86. The van der Waals surface area contributed by atoms with Crippen molar-refractivity contribution in [3.05, 3.63) is 12.3 Å². The highest BCUT2D eigenvalue weighted by Crippen LogP contribution is 2.32. The molecule has 0 bridgehead atoms. The van der Waals surface area contributed by atoms with Gasteiger partial charge in [0.15, 0.2) is 0 Å². The molecule has 1 unspecified atom stereocenters. The summed E-state index contributed by atoms with van der Waals surface area (Å²) >= 11 is 0. The molecule has 20 heavy (non-hydrogen) atoms. The Morgan fingerprint density at radius 2 is 2.30 bits per heavy atom. The van der Waals surface area contributed by atoms with E-state index < -0.39 is 5.60 Å². The van der Waals surface area contributed by atoms with E-state index in [0.29, 0.717) is 19.0 Å². The van der Waals surface area contributed by atoms with Gasteiger partial charge in [-0.25, -0.2) is 9.78 Å². The molecular weight excluding hydrogens is 258 g/mol. The van der Waals surface area contributed by atoms with Gasteiger partial charge in [0.2, 0.25) is 5.95 Å². The maximum Gasteiger partial charge on any atom is 0.410 e. The van der Waals surface area contributed by atoms with Gasteiger partial charge in [-0.1, -0.05) is 0 Å². The Morgan fingerprint density at radius 1 is 1.45 bits per heavy atom. The Kier molecular flexibility index (Phi) is 3.11. The van der Waals surface area contributed by atoms with E-state index in [0.717, 1.165) is 25.2 Å². The lowest BCUT2D eigenvalue weighted by molar-refractivity contribution is 0.0443. The quantitative estimate of drug-likeness (QED) is 0.867. The number of carbonyl (C=O) groups excluding carboxylic acids is 1. The molecule has 7 nitrogen and oxygen atoms in total. The van der Waals surface area contributed by atoms with E-state index in [4.69, 9.17) is 4.74 Å². The van der Waals surface area contributed by atoms with Crippen molar-refractivity contribution in [2.45, 2.75) is 18.4 Å². The average Bonchev–Trinajstić information content (AvgIpc) is 2.73. The van der Waals surface area contributed by atoms with Crippen molar-refractivity contribution in [3.63, 3.8) is 0 Å². The summed E-state index contributed by atoms with van der Waals surface area (Å²) in [5.41, 5.74) is -0.414. The van der Waals surface area contributed by atoms with Crippen molar-refractivity contribution in [1.29, 1.82) is 0 Å². The summed E-state index contributed by atoms with van der Waals surface area (Å²) in [7, 11) is 3.60. The second-order valence-corrected chi connectivity index (χ2v) is 5.42. The van der Waals surface area contributed by atoms with Crippen LogP contribution >= 0.6 is 0 Å². The first-order chi connectivity index (χ1) is 9.62. The van der Waals surface area contributed by atoms with Crippen molar-refractivity contribution in [2.75, 3.05) is 43.9 Å². The number of rotatable bonds is 2. The molecule has 1 N–H and O–H groups in total. The Morgan fingerprint density at radius 3 is 3.00 bits per heavy atom. The van der Waals surface area contributed by atoms with Crippen molar-refractivity contribution < 1.29 is 9.53 Å². The molecule has 0 saturated carbocycles. The van der Waals surface area contributed by atoms with Crippen molar-refractivity contribution in [2.24, 2.45) is 0 Å². The van der Waals surface area contributed by atoms with Gasteiger partial charge in [-0.15, -0.1) is 0 Å². The second kappa shape index (κ2) is 4.81. The Hall–Kier alpha value is -2.05. The first-order valence-corrected chi connectivity index (χ1v) is 6.82. The molecular formula is C13H19N5O2. The number of hydrogen-bond donors (Lipinski definition) is 1. The fourth-order valence-corrected chi connectivity index (χ4v) is 2.91. The number of nitrogens with zero attached hydrogens (tertiary/aromatic N) is 4. The summed E-state index contributed by atoms with van der Waals surface area (Å²) in [4.78, 5) is 24.1. The highest BCUT2D eigenvalue weighted by Gasteiger charge is 2.46. The van der Waals surface area contributed by atoms with Crippen LogP contribution in [0.2, 0.25) is 0 Å². The topological polar surface area (TPSA) is 70.6 Å². The Bertz CT molecular complexity index is 523. The summed E-state index contributed by atoms with van der Waals surface area (Å²) in [5, 5.41) is 3.01. The maximum atomic E-state index is 11.6. The molecule has 2 aliphatic rings. The molecule has 1 spiro atoms. The van der Waals surface area contributed by atoms with Gasteiger partial charge < -0.3 is 19.9 Å². The number of aromatic nitrogens is 2. The van der Waals surface area contributed by atoms with E-state index in [9.17, 15) is 4.79 Å². The van der Waals surface area contributed by atoms with Crippen molar-refractivity contribution >= 4 is 17.9 Å². The van der Waals surface area contributed by atoms with Crippen LogP contribution in [0.4, 0.5) is 16.6 Å². The largest absolute Gasteiger partial charge is 0.439 e. The lowest BCUT2D eigenvalue weighted by Crippen LogP contribution is -2.51. The molecule has 108 valence electrons. The average molecular weight is 277 g/mol. The molecule has 3 rings (SSSR count). The van der Waals surface area contributed by atoms with E-state index in [1.807, 2.05) is 13.1 Å². The number of nitrogens with one attached hydrogen (secondary N) is 1. The fourth-order valence-electron chi connectivity index (χ4n) is 2.91. The van der Waals surface area contributed by atoms with Crippen LogP contribution in [0.1, 0.15) is 12.8 Å². The molecule has 3 heterocycles. The predicted octanol–water partition coefficient (Wildman–Crippen LogP) is 0.939. The zero-order valence-corrected chi connectivity index (χ0v) is 11.8. The summed E-state index contributed by atoms with van der Waals surface area (Å²) in [6.45, 7) is 2.17. The monoisotopic (exact) mass is 277 g/mol. The minimum absolute atomic E-state index is 0.239. The zero-order valence-electron chi connectivity index (χ0n) is 11.8. The lowest BCUT2D eigenvalue weighted by Gasteiger charge is -2.38. The normalized spacial score (nSPS) is 26.0. The van der Waals surface area contributed by atoms with Gasteiger partial charge in [0.05, 0.1) is 13.1 Å². The Labute approximate surface area is 117 Å². The van der Waals surface area contributed by atoms with Gasteiger partial charge >= 0.3 is 6.09 Å². The maximum absolute atomic E-state index is 11.6. The van der Waals surface area contributed by atoms with Gasteiger partial charge in [0.25, 0.3) is 0 Å². The molecule has 1 aromatic rings. The van der Waals surface area contributed by atoms with E-state index in [2.05, 4.69) is 20.2 Å². The van der Waals surface area contributed by atoms with Crippen LogP contribution < -0.4 is 10.2 Å². The number of amides is 1. The smallest absolute Gasteiger partial charge is 0.410 e. The molecule has 7 heteroatoms. The van der Waals surface area contributed by atoms with Gasteiger partial charge in [0, 0.05) is 26.8 Å². The zero-order chi connectivity index (χ0) is 14.2. The van der Waals surface area contributed by atoms with Crippen LogP contribution in [-0.2, 0) is 4.74 Å². The number of piperidine rings is 1. The molecule has 2 aliphatic heterocycles. The van der Waals surface area contributed by atoms with E-state index >= 15 is 0 Å². The summed E-state index contributed by atoms with van der Waals surface area (Å²) in [5.74, 6) is 1.47. The van der Waals surface area contributed by atoms with Crippen LogP contribution in [0.25, 0.3) is 0 Å². The Balaban J connectivity index is 1.80. The highest BCUT2D eigenvalue weighted by molar-refractivity contribution is 5.70. The minimum Gasteiger partial charge on any atom is -0.439 e. The molecule has 2 fully saturated rings. The summed E-state index contributed by atoms with van der Waals surface area (Å²) in [6, 6.07) is 1.83. The summed E-state index contributed by atoms with van der Waals surface area (Å²) in [6.07, 6.45) is 3.36. The lowest BCUT2D eigenvalue weighted by atomic mass is 9.93. The number of likely N-dealkylation sites (N-methyl/N-ethyl adjacent to an activating group) is 1. The van der Waals surface area contributed by atoms with Gasteiger partial charge in [0.1, 0.15) is 11.4 Å². The number of ether oxygens (including phenoxy) is 1. The highest BCUT2D eigenvalue weighted by atomic mass is 16.6. The number of anilines is 2. The van der Waals surface area contributed by atoms with Crippen LogP contribution in [0.15, 0.2) is 12.3 Å². The SMILES string of the molecule is CNc1ccnc(N2CCCC3(CN(C)C(=O)O3)C2)n1. The molecule has 0 radical (unpaired) electrons. The molecule has 1 aromatic heterocycles. The van der Waals surface area contributed by atoms with Gasteiger partial charge in [-0.2, -0.15) is 4.98 Å². The van der Waals surface area contributed by atoms with E-state index in [1.165, 1.54) is 0 Å². The molecule has 0 aromatic carbocycles. The van der Waals surface area contributed by atoms with Crippen LogP contribution in [0, 0.1) is 0 Å². The second-order valence-electron chi connectivity index (χ2n) is 5.42. The third-order valence-electron chi connectivity index (χ3n) is 3.86. The van der Waals surface area contributed by atoms with E-state index in [-0.39, 0.29) is 6.09 Å². The van der Waals surface area contributed by atoms with Crippen LogP contribution in [-0.4, -0.2) is 60.3 Å². The molecule has 0 aliphatic carbocycles. The fraction of sp³-hybridized carbons (Fsp3) is 0.615. The van der Waals surface area contributed by atoms with Gasteiger partial charge in [-0.05, 0) is 18.9 Å². The number of carbonyl (C=O) groups is 1. The van der Waals surface area contributed by atoms with Gasteiger partial charge in [-0.3, -0.25) is 0 Å².